The molecule has 1 aromatic carbocycles. The summed E-state index contributed by atoms with van der Waals surface area (Å²) in [6.07, 6.45) is -0.781. The van der Waals surface area contributed by atoms with Crippen molar-refractivity contribution in [2.45, 2.75) is 13.0 Å². The smallest absolute Gasteiger partial charge is 0.413 e. The molecule has 0 saturated carbocycles. The van der Waals surface area contributed by atoms with Gasteiger partial charge in [0.2, 0.25) is 0 Å². The Morgan fingerprint density at radius 3 is 2.47 bits per heavy atom. The molecule has 1 atom stereocenters. The second kappa shape index (κ2) is 4.99. The standard InChI is InChI=1S/C10H11NO4/c1-7(9(12)13)11-10(14)15-8-5-3-2-4-6-8/h2-7H,1H3,(H,11,14)(H,12,13)/t7-/m0/s1. The van der Waals surface area contributed by atoms with E-state index in [1.165, 1.54) is 6.92 Å². The highest BCUT2D eigenvalue weighted by Crippen LogP contribution is 2.08. The molecule has 0 aromatic heterocycles. The minimum atomic E-state index is -1.11. The van der Waals surface area contributed by atoms with Gasteiger partial charge in [-0.3, -0.25) is 4.79 Å². The second-order valence-corrected chi connectivity index (χ2v) is 2.91. The maximum absolute atomic E-state index is 11.1. The normalized spacial score (nSPS) is 11.5. The Bertz CT molecular complexity index is 350. The summed E-state index contributed by atoms with van der Waals surface area (Å²) in [6, 6.07) is 7.44. The summed E-state index contributed by atoms with van der Waals surface area (Å²) in [5.74, 6) is -0.743. The third-order valence-electron chi connectivity index (χ3n) is 1.66. The zero-order valence-electron chi connectivity index (χ0n) is 8.14. The van der Waals surface area contributed by atoms with Crippen molar-refractivity contribution in [2.24, 2.45) is 0 Å². The highest BCUT2D eigenvalue weighted by Gasteiger charge is 2.14. The lowest BCUT2D eigenvalue weighted by Gasteiger charge is -2.09. The SMILES string of the molecule is C[C@H](NC(=O)Oc1ccccc1)C(=O)O. The quantitative estimate of drug-likeness (QED) is 0.785. The molecular weight excluding hydrogens is 198 g/mol. The number of hydrogen-bond acceptors (Lipinski definition) is 3. The van der Waals surface area contributed by atoms with Crippen LogP contribution in [0.2, 0.25) is 0 Å². The Morgan fingerprint density at radius 1 is 1.33 bits per heavy atom. The molecule has 0 heterocycles. The minimum Gasteiger partial charge on any atom is -0.480 e. The summed E-state index contributed by atoms with van der Waals surface area (Å²) in [4.78, 5) is 21.5. The van der Waals surface area contributed by atoms with Crippen molar-refractivity contribution in [1.29, 1.82) is 0 Å². The van der Waals surface area contributed by atoms with Crippen molar-refractivity contribution in [1.82, 2.24) is 5.32 Å². The molecule has 1 amide bonds. The van der Waals surface area contributed by atoms with Gasteiger partial charge in [0, 0.05) is 0 Å². The van der Waals surface area contributed by atoms with E-state index >= 15 is 0 Å². The fraction of sp³-hybridized carbons (Fsp3) is 0.200. The number of amides is 1. The number of benzene rings is 1. The Morgan fingerprint density at radius 2 is 1.93 bits per heavy atom. The van der Waals surface area contributed by atoms with Crippen molar-refractivity contribution in [2.75, 3.05) is 0 Å². The molecule has 1 aromatic rings. The van der Waals surface area contributed by atoms with Gasteiger partial charge < -0.3 is 15.2 Å². The van der Waals surface area contributed by atoms with Crippen molar-refractivity contribution in [3.8, 4) is 5.75 Å². The van der Waals surface area contributed by atoms with Gasteiger partial charge in [0.25, 0.3) is 0 Å². The summed E-state index contributed by atoms with van der Waals surface area (Å²) in [7, 11) is 0. The summed E-state index contributed by atoms with van der Waals surface area (Å²) in [5.41, 5.74) is 0. The number of rotatable bonds is 3. The molecule has 0 unspecified atom stereocenters. The average Bonchev–Trinajstić information content (AvgIpc) is 2.18. The molecular formula is C10H11NO4. The highest BCUT2D eigenvalue weighted by atomic mass is 16.6. The predicted molar refractivity (Wildman–Crippen MR) is 52.7 cm³/mol. The lowest BCUT2D eigenvalue weighted by Crippen LogP contribution is -2.39. The van der Waals surface area contributed by atoms with Crippen LogP contribution in [0, 0.1) is 0 Å². The van der Waals surface area contributed by atoms with Crippen LogP contribution in [0.5, 0.6) is 5.75 Å². The van der Waals surface area contributed by atoms with Gasteiger partial charge in [0.05, 0.1) is 0 Å². The van der Waals surface area contributed by atoms with E-state index in [1.807, 2.05) is 0 Å². The van der Waals surface area contributed by atoms with E-state index in [1.54, 1.807) is 30.3 Å². The van der Waals surface area contributed by atoms with Crippen molar-refractivity contribution < 1.29 is 19.4 Å². The maximum Gasteiger partial charge on any atom is 0.413 e. The fourth-order valence-electron chi connectivity index (χ4n) is 0.864. The van der Waals surface area contributed by atoms with Crippen LogP contribution >= 0.6 is 0 Å². The van der Waals surface area contributed by atoms with Crippen molar-refractivity contribution in [3.63, 3.8) is 0 Å². The van der Waals surface area contributed by atoms with Crippen molar-refractivity contribution in [3.05, 3.63) is 30.3 Å². The molecule has 1 rings (SSSR count). The largest absolute Gasteiger partial charge is 0.480 e. The first-order valence-electron chi connectivity index (χ1n) is 4.36. The summed E-state index contributed by atoms with van der Waals surface area (Å²) >= 11 is 0. The van der Waals surface area contributed by atoms with E-state index in [0.29, 0.717) is 5.75 Å². The first-order valence-corrected chi connectivity index (χ1v) is 4.36. The van der Waals surface area contributed by atoms with E-state index in [-0.39, 0.29) is 0 Å². The van der Waals surface area contributed by atoms with E-state index < -0.39 is 18.1 Å². The van der Waals surface area contributed by atoms with E-state index in [0.717, 1.165) is 0 Å². The first-order chi connectivity index (χ1) is 7.09. The molecule has 0 aliphatic heterocycles. The number of hydrogen-bond donors (Lipinski definition) is 2. The van der Waals surface area contributed by atoms with E-state index in [2.05, 4.69) is 5.32 Å². The average molecular weight is 209 g/mol. The Labute approximate surface area is 86.7 Å². The fourth-order valence-corrected chi connectivity index (χ4v) is 0.864. The topological polar surface area (TPSA) is 75.6 Å². The molecule has 0 bridgehead atoms. The van der Waals surface area contributed by atoms with Gasteiger partial charge in [-0.25, -0.2) is 4.79 Å². The zero-order chi connectivity index (χ0) is 11.3. The molecule has 80 valence electrons. The lowest BCUT2D eigenvalue weighted by molar-refractivity contribution is -0.138. The molecule has 0 aliphatic rings. The van der Waals surface area contributed by atoms with Gasteiger partial charge in [-0.2, -0.15) is 0 Å². The van der Waals surface area contributed by atoms with Gasteiger partial charge in [0.1, 0.15) is 11.8 Å². The minimum absolute atomic E-state index is 0.368. The Kier molecular flexibility index (Phi) is 3.68. The molecule has 5 heteroatoms. The Hall–Kier alpha value is -2.04. The van der Waals surface area contributed by atoms with Crippen LogP contribution in [0.1, 0.15) is 6.92 Å². The summed E-state index contributed by atoms with van der Waals surface area (Å²) in [5, 5.41) is 10.7. The van der Waals surface area contributed by atoms with Crippen molar-refractivity contribution >= 4 is 12.1 Å². The highest BCUT2D eigenvalue weighted by molar-refractivity contribution is 5.80. The molecule has 0 spiro atoms. The van der Waals surface area contributed by atoms with Gasteiger partial charge in [-0.1, -0.05) is 18.2 Å². The number of para-hydroxylation sites is 1. The van der Waals surface area contributed by atoms with Gasteiger partial charge in [-0.15, -0.1) is 0 Å². The van der Waals surface area contributed by atoms with Crippen LogP contribution in [-0.4, -0.2) is 23.2 Å². The van der Waals surface area contributed by atoms with Gasteiger partial charge in [-0.05, 0) is 19.1 Å². The maximum atomic E-state index is 11.1. The van der Waals surface area contributed by atoms with Gasteiger partial charge in [0.15, 0.2) is 0 Å². The first kappa shape index (κ1) is 11.0. The number of nitrogens with one attached hydrogen (secondary N) is 1. The molecule has 0 aliphatic carbocycles. The molecule has 0 radical (unpaired) electrons. The summed E-state index contributed by atoms with van der Waals surface area (Å²) < 4.78 is 4.82. The van der Waals surface area contributed by atoms with E-state index in [4.69, 9.17) is 9.84 Å². The van der Waals surface area contributed by atoms with E-state index in [9.17, 15) is 9.59 Å². The number of carboxylic acids is 1. The third-order valence-corrected chi connectivity index (χ3v) is 1.66. The molecule has 15 heavy (non-hydrogen) atoms. The Balaban J connectivity index is 2.47. The third kappa shape index (κ3) is 3.68. The number of carbonyl (C=O) groups excluding carboxylic acids is 1. The second-order valence-electron chi connectivity index (χ2n) is 2.91. The van der Waals surface area contributed by atoms with Crippen LogP contribution in [0.4, 0.5) is 4.79 Å². The van der Waals surface area contributed by atoms with Crippen LogP contribution in [-0.2, 0) is 4.79 Å². The van der Waals surface area contributed by atoms with Crippen LogP contribution in [0.25, 0.3) is 0 Å². The lowest BCUT2D eigenvalue weighted by atomic mass is 10.3. The van der Waals surface area contributed by atoms with Crippen LogP contribution in [0.15, 0.2) is 30.3 Å². The van der Waals surface area contributed by atoms with Gasteiger partial charge >= 0.3 is 12.1 Å². The van der Waals surface area contributed by atoms with Crippen LogP contribution < -0.4 is 10.1 Å². The number of ether oxygens (including phenoxy) is 1. The monoisotopic (exact) mass is 209 g/mol. The van der Waals surface area contributed by atoms with Crippen LogP contribution in [0.3, 0.4) is 0 Å². The number of aliphatic carboxylic acids is 1. The molecule has 0 fully saturated rings. The number of carbonyl (C=O) groups is 2. The zero-order valence-corrected chi connectivity index (χ0v) is 8.14. The molecule has 0 saturated heterocycles. The predicted octanol–water partition coefficient (Wildman–Crippen LogP) is 1.25. The molecule has 5 nitrogen and oxygen atoms in total. The number of carboxylic acid groups (broad SMARTS) is 1. The summed E-state index contributed by atoms with van der Waals surface area (Å²) in [6.45, 7) is 1.36. The molecule has 2 N–H and O–H groups in total.